The molecule has 3 aromatic rings. The van der Waals surface area contributed by atoms with Crippen molar-refractivity contribution < 1.29 is 18.6 Å². The largest absolute Gasteiger partial charge is 0.455 e. The maximum absolute atomic E-state index is 14.0. The van der Waals surface area contributed by atoms with Crippen LogP contribution >= 0.6 is 0 Å². The van der Waals surface area contributed by atoms with Crippen molar-refractivity contribution in [3.8, 4) is 11.5 Å². The Morgan fingerprint density at radius 2 is 1.74 bits per heavy atom. The molecule has 0 bridgehead atoms. The minimum absolute atomic E-state index is 0.0549. The fourth-order valence-corrected chi connectivity index (χ4v) is 2.47. The van der Waals surface area contributed by atoms with E-state index in [1.807, 2.05) is 0 Å². The van der Waals surface area contributed by atoms with Gasteiger partial charge in [0.15, 0.2) is 0 Å². The highest BCUT2D eigenvalue weighted by molar-refractivity contribution is 5.80. The zero-order chi connectivity index (χ0) is 16.6. The maximum Gasteiger partial charge on any atom is 0.149 e. The first-order valence-electron chi connectivity index (χ1n) is 7.10. The Hall–Kier alpha value is -2.53. The van der Waals surface area contributed by atoms with E-state index in [4.69, 9.17) is 4.74 Å². The fourth-order valence-electron chi connectivity index (χ4n) is 2.47. The van der Waals surface area contributed by atoms with Crippen molar-refractivity contribution in [2.75, 3.05) is 0 Å². The monoisotopic (exact) mass is 315 g/mol. The van der Waals surface area contributed by atoms with Crippen LogP contribution < -0.4 is 4.74 Å². The number of aliphatic hydroxyl groups is 1. The molecule has 5 heteroatoms. The van der Waals surface area contributed by atoms with Gasteiger partial charge in [0.25, 0.3) is 0 Å². The number of pyridine rings is 1. The second kappa shape index (κ2) is 5.59. The number of aromatic nitrogens is 1. The molecule has 0 amide bonds. The van der Waals surface area contributed by atoms with Crippen LogP contribution in [0.5, 0.6) is 11.5 Å². The van der Waals surface area contributed by atoms with Gasteiger partial charge in [-0.3, -0.25) is 0 Å². The molecular formula is C18H15F2NO2. The average Bonchev–Trinajstić information content (AvgIpc) is 2.46. The van der Waals surface area contributed by atoms with Gasteiger partial charge in [-0.1, -0.05) is 18.2 Å². The molecule has 0 fully saturated rings. The van der Waals surface area contributed by atoms with E-state index in [-0.39, 0.29) is 16.8 Å². The number of ether oxygens (including phenoxy) is 1. The molecule has 0 aliphatic heterocycles. The first kappa shape index (κ1) is 15.4. The number of para-hydroxylation sites is 1. The summed E-state index contributed by atoms with van der Waals surface area (Å²) in [6.07, 6.45) is 1.37. The van der Waals surface area contributed by atoms with Gasteiger partial charge >= 0.3 is 0 Å². The lowest BCUT2D eigenvalue weighted by atomic mass is 9.97. The zero-order valence-corrected chi connectivity index (χ0v) is 12.7. The lowest BCUT2D eigenvalue weighted by Crippen LogP contribution is -2.18. The molecule has 0 saturated carbocycles. The lowest BCUT2D eigenvalue weighted by molar-refractivity contribution is 0.0721. The summed E-state index contributed by atoms with van der Waals surface area (Å²) in [6.45, 7) is 2.96. The van der Waals surface area contributed by atoms with Crippen LogP contribution in [0.1, 0.15) is 19.4 Å². The molecule has 0 radical (unpaired) electrons. The lowest BCUT2D eigenvalue weighted by Gasteiger charge is -2.22. The van der Waals surface area contributed by atoms with Crippen LogP contribution in [0, 0.1) is 11.6 Å². The van der Waals surface area contributed by atoms with Crippen molar-refractivity contribution in [2.45, 2.75) is 19.4 Å². The summed E-state index contributed by atoms with van der Waals surface area (Å²) in [7, 11) is 0. The predicted octanol–water partition coefficient (Wildman–Crippen LogP) is 4.53. The highest BCUT2D eigenvalue weighted by Gasteiger charge is 2.25. The van der Waals surface area contributed by atoms with Gasteiger partial charge in [-0.05, 0) is 38.1 Å². The molecule has 0 aliphatic rings. The Labute approximate surface area is 132 Å². The van der Waals surface area contributed by atoms with Crippen LogP contribution in [-0.2, 0) is 5.60 Å². The van der Waals surface area contributed by atoms with E-state index in [1.54, 1.807) is 24.3 Å². The van der Waals surface area contributed by atoms with Gasteiger partial charge in [0, 0.05) is 5.39 Å². The molecular weight excluding hydrogens is 300 g/mol. The van der Waals surface area contributed by atoms with Crippen molar-refractivity contribution in [3.63, 3.8) is 0 Å². The standard InChI is InChI=1S/C18H15F2NO2/c1-18(2,22)16-13(19)6-4-8-15(16)23-12-9-11-5-3-7-14(20)17(11)21-10-12/h3-10,22H,1-2H3. The number of benzene rings is 2. The summed E-state index contributed by atoms with van der Waals surface area (Å²) in [5, 5.41) is 10.7. The molecule has 3 rings (SSSR count). The van der Waals surface area contributed by atoms with E-state index in [0.29, 0.717) is 11.1 Å². The third kappa shape index (κ3) is 3.00. The number of nitrogens with zero attached hydrogens (tertiary/aromatic N) is 1. The van der Waals surface area contributed by atoms with Crippen molar-refractivity contribution in [1.29, 1.82) is 0 Å². The first-order chi connectivity index (χ1) is 10.9. The minimum atomic E-state index is -1.41. The van der Waals surface area contributed by atoms with Crippen LogP contribution in [0.25, 0.3) is 10.9 Å². The fraction of sp³-hybridized carbons (Fsp3) is 0.167. The summed E-state index contributed by atoms with van der Waals surface area (Å²) in [4.78, 5) is 4.03. The Morgan fingerprint density at radius 1 is 1.04 bits per heavy atom. The van der Waals surface area contributed by atoms with Crippen molar-refractivity contribution in [1.82, 2.24) is 4.98 Å². The van der Waals surface area contributed by atoms with E-state index in [0.717, 1.165) is 0 Å². The van der Waals surface area contributed by atoms with E-state index in [1.165, 1.54) is 38.2 Å². The van der Waals surface area contributed by atoms with Gasteiger partial charge in [0.2, 0.25) is 0 Å². The Kier molecular flexibility index (Phi) is 3.74. The number of hydrogen-bond acceptors (Lipinski definition) is 3. The van der Waals surface area contributed by atoms with Crippen LogP contribution in [-0.4, -0.2) is 10.1 Å². The molecule has 0 unspecified atom stereocenters. The first-order valence-corrected chi connectivity index (χ1v) is 7.10. The summed E-state index contributed by atoms with van der Waals surface area (Å²) in [6, 6.07) is 10.5. The molecule has 23 heavy (non-hydrogen) atoms. The summed E-state index contributed by atoms with van der Waals surface area (Å²) in [5.74, 6) is -0.457. The van der Waals surface area contributed by atoms with E-state index < -0.39 is 17.2 Å². The van der Waals surface area contributed by atoms with Crippen molar-refractivity contribution in [2.24, 2.45) is 0 Å². The predicted molar refractivity (Wildman–Crippen MR) is 83.4 cm³/mol. The van der Waals surface area contributed by atoms with Crippen molar-refractivity contribution in [3.05, 3.63) is 65.9 Å². The van der Waals surface area contributed by atoms with E-state index in [9.17, 15) is 13.9 Å². The third-order valence-electron chi connectivity index (χ3n) is 3.45. The number of fused-ring (bicyclic) bond motifs is 1. The zero-order valence-electron chi connectivity index (χ0n) is 12.7. The van der Waals surface area contributed by atoms with Crippen LogP contribution in [0.3, 0.4) is 0 Å². The van der Waals surface area contributed by atoms with Crippen LogP contribution in [0.4, 0.5) is 8.78 Å². The SMILES string of the molecule is CC(C)(O)c1c(F)cccc1Oc1cnc2c(F)cccc2c1. The average molecular weight is 315 g/mol. The van der Waals surface area contributed by atoms with Crippen LogP contribution in [0.2, 0.25) is 0 Å². The quantitative estimate of drug-likeness (QED) is 0.772. The van der Waals surface area contributed by atoms with Gasteiger partial charge in [0.1, 0.15) is 28.7 Å². The number of halogens is 2. The summed E-state index contributed by atoms with van der Waals surface area (Å²) in [5.41, 5.74) is -1.11. The minimum Gasteiger partial charge on any atom is -0.455 e. The Bertz CT molecular complexity index is 873. The molecule has 3 nitrogen and oxygen atoms in total. The molecule has 1 aromatic heterocycles. The molecule has 1 N–H and O–H groups in total. The Balaban J connectivity index is 2.05. The third-order valence-corrected chi connectivity index (χ3v) is 3.45. The second-order valence-electron chi connectivity index (χ2n) is 5.76. The highest BCUT2D eigenvalue weighted by Crippen LogP contribution is 2.35. The molecule has 0 aliphatic carbocycles. The highest BCUT2D eigenvalue weighted by atomic mass is 19.1. The van der Waals surface area contributed by atoms with Gasteiger partial charge in [0.05, 0.1) is 17.4 Å². The molecule has 1 heterocycles. The smallest absolute Gasteiger partial charge is 0.149 e. The van der Waals surface area contributed by atoms with E-state index >= 15 is 0 Å². The summed E-state index contributed by atoms with van der Waals surface area (Å²) < 4.78 is 33.4. The van der Waals surface area contributed by atoms with Crippen LogP contribution in [0.15, 0.2) is 48.7 Å². The maximum atomic E-state index is 14.0. The van der Waals surface area contributed by atoms with Gasteiger partial charge in [-0.2, -0.15) is 0 Å². The van der Waals surface area contributed by atoms with Gasteiger partial charge < -0.3 is 9.84 Å². The molecule has 0 saturated heterocycles. The molecule has 0 spiro atoms. The van der Waals surface area contributed by atoms with Gasteiger partial charge in [-0.15, -0.1) is 0 Å². The second-order valence-corrected chi connectivity index (χ2v) is 5.76. The van der Waals surface area contributed by atoms with Gasteiger partial charge in [-0.25, -0.2) is 13.8 Å². The topological polar surface area (TPSA) is 42.4 Å². The number of rotatable bonds is 3. The molecule has 2 aromatic carbocycles. The number of hydrogen-bond donors (Lipinski definition) is 1. The van der Waals surface area contributed by atoms with E-state index in [2.05, 4.69) is 4.98 Å². The molecule has 118 valence electrons. The Morgan fingerprint density at radius 3 is 2.48 bits per heavy atom. The normalized spacial score (nSPS) is 11.7. The molecule has 0 atom stereocenters. The summed E-state index contributed by atoms with van der Waals surface area (Å²) >= 11 is 0. The van der Waals surface area contributed by atoms with Crippen molar-refractivity contribution >= 4 is 10.9 Å².